The van der Waals surface area contributed by atoms with Crippen LogP contribution in [-0.4, -0.2) is 48.5 Å². The Bertz CT molecular complexity index is 583. The average Bonchev–Trinajstić information content (AvgIpc) is 2.97. The van der Waals surface area contributed by atoms with E-state index in [-0.39, 0.29) is 23.6 Å². The number of carboxylic acids is 1. The fraction of sp³-hybridized carbons (Fsp3) is 0.636. The molecule has 2 unspecified atom stereocenters. The molecule has 1 aromatic heterocycles. The largest absolute Gasteiger partial charge is 0.480 e. The lowest BCUT2D eigenvalue weighted by molar-refractivity contribution is -0.137. The van der Waals surface area contributed by atoms with Gasteiger partial charge in [-0.3, -0.25) is 9.48 Å². The van der Waals surface area contributed by atoms with Gasteiger partial charge in [0.25, 0.3) is 0 Å². The first-order valence-electron chi connectivity index (χ1n) is 6.20. The van der Waals surface area contributed by atoms with E-state index in [4.69, 9.17) is 9.84 Å². The van der Waals surface area contributed by atoms with Crippen molar-refractivity contribution in [2.24, 2.45) is 0 Å². The van der Waals surface area contributed by atoms with E-state index >= 15 is 0 Å². The van der Waals surface area contributed by atoms with E-state index in [0.717, 1.165) is 23.7 Å². The molecule has 1 fully saturated rings. The monoisotopic (exact) mass is 303 g/mol. The van der Waals surface area contributed by atoms with Crippen molar-refractivity contribution in [3.05, 3.63) is 12.4 Å². The Morgan fingerprint density at radius 1 is 1.60 bits per heavy atom. The Kier molecular flexibility index (Phi) is 4.41. The molecule has 0 aliphatic heterocycles. The predicted octanol–water partition coefficient (Wildman–Crippen LogP) is -0.186. The quantitative estimate of drug-likeness (QED) is 0.754. The molecule has 2 N–H and O–H groups in total. The first-order valence-corrected chi connectivity index (χ1v) is 7.68. The standard InChI is InChI=1S/C11H17N3O5S/c1-19-9-3-2-8(4-9)13-20(17,18)10-5-12-14(6-10)7-11(15)16/h5-6,8-9,13H,2-4,7H2,1H3,(H,15,16). The average molecular weight is 303 g/mol. The number of nitrogens with zero attached hydrogens (tertiary/aromatic N) is 2. The smallest absolute Gasteiger partial charge is 0.325 e. The summed E-state index contributed by atoms with van der Waals surface area (Å²) in [5.74, 6) is -1.08. The van der Waals surface area contributed by atoms with Crippen molar-refractivity contribution in [1.29, 1.82) is 0 Å². The topological polar surface area (TPSA) is 111 Å². The number of hydrogen-bond acceptors (Lipinski definition) is 5. The molecule has 0 spiro atoms. The third-order valence-electron chi connectivity index (χ3n) is 3.26. The highest BCUT2D eigenvalue weighted by atomic mass is 32.2. The Morgan fingerprint density at radius 3 is 2.95 bits per heavy atom. The summed E-state index contributed by atoms with van der Waals surface area (Å²) >= 11 is 0. The van der Waals surface area contributed by atoms with Gasteiger partial charge >= 0.3 is 5.97 Å². The van der Waals surface area contributed by atoms with Crippen molar-refractivity contribution >= 4 is 16.0 Å². The molecule has 0 bridgehead atoms. The summed E-state index contributed by atoms with van der Waals surface area (Å²) in [4.78, 5) is 10.5. The molecule has 2 rings (SSSR count). The van der Waals surface area contributed by atoms with E-state index in [1.54, 1.807) is 7.11 Å². The van der Waals surface area contributed by atoms with E-state index in [9.17, 15) is 13.2 Å². The van der Waals surface area contributed by atoms with Crippen LogP contribution in [0.5, 0.6) is 0 Å². The van der Waals surface area contributed by atoms with Gasteiger partial charge in [-0.2, -0.15) is 5.10 Å². The van der Waals surface area contributed by atoms with Crippen molar-refractivity contribution in [3.8, 4) is 0 Å². The molecule has 0 aromatic carbocycles. The molecule has 1 heterocycles. The van der Waals surface area contributed by atoms with Gasteiger partial charge in [-0.05, 0) is 19.3 Å². The second-order valence-corrected chi connectivity index (χ2v) is 6.47. The van der Waals surface area contributed by atoms with Crippen molar-refractivity contribution in [2.45, 2.75) is 42.8 Å². The van der Waals surface area contributed by atoms with Gasteiger partial charge in [-0.15, -0.1) is 0 Å². The highest BCUT2D eigenvalue weighted by molar-refractivity contribution is 7.89. The maximum atomic E-state index is 12.1. The highest BCUT2D eigenvalue weighted by Gasteiger charge is 2.29. The van der Waals surface area contributed by atoms with Crippen molar-refractivity contribution < 1.29 is 23.1 Å². The zero-order valence-electron chi connectivity index (χ0n) is 11.0. The number of aromatic nitrogens is 2. The summed E-state index contributed by atoms with van der Waals surface area (Å²) in [5.41, 5.74) is 0. The zero-order valence-corrected chi connectivity index (χ0v) is 11.8. The van der Waals surface area contributed by atoms with Crippen molar-refractivity contribution in [3.63, 3.8) is 0 Å². The van der Waals surface area contributed by atoms with E-state index in [2.05, 4.69) is 9.82 Å². The Labute approximate surface area is 116 Å². The lowest BCUT2D eigenvalue weighted by atomic mass is 10.3. The summed E-state index contributed by atoms with van der Waals surface area (Å²) in [5, 5.41) is 12.3. The maximum Gasteiger partial charge on any atom is 0.325 e. The van der Waals surface area contributed by atoms with E-state index < -0.39 is 16.0 Å². The number of methoxy groups -OCH3 is 1. The first-order chi connectivity index (χ1) is 9.40. The Morgan fingerprint density at radius 2 is 2.35 bits per heavy atom. The lowest BCUT2D eigenvalue weighted by Gasteiger charge is -2.12. The summed E-state index contributed by atoms with van der Waals surface area (Å²) in [7, 11) is -2.06. The number of sulfonamides is 1. The summed E-state index contributed by atoms with van der Waals surface area (Å²) in [6.45, 7) is -0.370. The van der Waals surface area contributed by atoms with E-state index in [0.29, 0.717) is 6.42 Å². The molecule has 2 atom stereocenters. The molecular formula is C11H17N3O5S. The normalized spacial score (nSPS) is 23.1. The SMILES string of the molecule is COC1CCC(NS(=O)(=O)c2cnn(CC(=O)O)c2)C1. The van der Waals surface area contributed by atoms with Crippen LogP contribution in [0.25, 0.3) is 0 Å². The van der Waals surface area contributed by atoms with Gasteiger partial charge in [0.1, 0.15) is 11.4 Å². The number of carboxylic acid groups (broad SMARTS) is 1. The van der Waals surface area contributed by atoms with Gasteiger partial charge < -0.3 is 9.84 Å². The first kappa shape index (κ1) is 14.9. The van der Waals surface area contributed by atoms with Gasteiger partial charge in [0, 0.05) is 19.3 Å². The molecule has 9 heteroatoms. The molecule has 112 valence electrons. The number of carbonyl (C=O) groups is 1. The molecule has 0 radical (unpaired) electrons. The van der Waals surface area contributed by atoms with E-state index in [1.807, 2.05) is 0 Å². The van der Waals surface area contributed by atoms with Gasteiger partial charge in [0.2, 0.25) is 10.0 Å². The molecule has 1 aliphatic rings. The summed E-state index contributed by atoms with van der Waals surface area (Å²) in [6.07, 6.45) is 4.62. The van der Waals surface area contributed by atoms with Crippen LogP contribution >= 0.6 is 0 Å². The molecule has 0 saturated heterocycles. The second kappa shape index (κ2) is 5.90. The minimum atomic E-state index is -3.67. The van der Waals surface area contributed by atoms with Gasteiger partial charge in [0.05, 0.1) is 12.3 Å². The number of nitrogens with one attached hydrogen (secondary N) is 1. The minimum Gasteiger partial charge on any atom is -0.480 e. The summed E-state index contributed by atoms with van der Waals surface area (Å²) < 4.78 is 33.1. The third-order valence-corrected chi connectivity index (χ3v) is 4.73. The number of hydrogen-bond donors (Lipinski definition) is 2. The lowest BCUT2D eigenvalue weighted by Crippen LogP contribution is -2.33. The third kappa shape index (κ3) is 3.56. The minimum absolute atomic E-state index is 0.0281. The predicted molar refractivity (Wildman–Crippen MR) is 68.6 cm³/mol. The Hall–Kier alpha value is -1.45. The number of ether oxygens (including phenoxy) is 1. The Balaban J connectivity index is 2.03. The fourth-order valence-corrected chi connectivity index (χ4v) is 3.49. The van der Waals surface area contributed by atoms with Gasteiger partial charge in [0.15, 0.2) is 0 Å². The van der Waals surface area contributed by atoms with E-state index in [1.165, 1.54) is 6.20 Å². The molecular weight excluding hydrogens is 286 g/mol. The number of aliphatic carboxylic acids is 1. The second-order valence-electron chi connectivity index (χ2n) is 4.76. The zero-order chi connectivity index (χ0) is 14.8. The van der Waals surface area contributed by atoms with Crippen molar-refractivity contribution in [2.75, 3.05) is 7.11 Å². The van der Waals surface area contributed by atoms with Crippen LogP contribution < -0.4 is 4.72 Å². The summed E-state index contributed by atoms with van der Waals surface area (Å²) in [6, 6.07) is -0.159. The van der Waals surface area contributed by atoms with Crippen LogP contribution in [-0.2, 0) is 26.1 Å². The molecule has 8 nitrogen and oxygen atoms in total. The van der Waals surface area contributed by atoms with Crippen LogP contribution in [0, 0.1) is 0 Å². The molecule has 1 saturated carbocycles. The van der Waals surface area contributed by atoms with Crippen molar-refractivity contribution in [1.82, 2.24) is 14.5 Å². The highest BCUT2D eigenvalue weighted by Crippen LogP contribution is 2.23. The maximum absolute atomic E-state index is 12.1. The van der Waals surface area contributed by atoms with Crippen LogP contribution in [0.2, 0.25) is 0 Å². The van der Waals surface area contributed by atoms with Gasteiger partial charge in [-0.25, -0.2) is 13.1 Å². The van der Waals surface area contributed by atoms with Crippen LogP contribution in [0.4, 0.5) is 0 Å². The molecule has 20 heavy (non-hydrogen) atoms. The molecule has 0 amide bonds. The van der Waals surface area contributed by atoms with Gasteiger partial charge in [-0.1, -0.05) is 0 Å². The van der Waals surface area contributed by atoms with Crippen LogP contribution in [0.3, 0.4) is 0 Å². The molecule has 1 aliphatic carbocycles. The van der Waals surface area contributed by atoms with Crippen LogP contribution in [0.15, 0.2) is 17.3 Å². The van der Waals surface area contributed by atoms with Crippen LogP contribution in [0.1, 0.15) is 19.3 Å². The number of rotatable bonds is 6. The fourth-order valence-electron chi connectivity index (χ4n) is 2.26. The molecule has 1 aromatic rings.